The van der Waals surface area contributed by atoms with Crippen LogP contribution in [0.1, 0.15) is 61.3 Å². The van der Waals surface area contributed by atoms with E-state index in [2.05, 4.69) is 0 Å². The quantitative estimate of drug-likeness (QED) is 0.188. The SMILES string of the molecule is C[C@@H]1[C@@H]([Si](C)(C)O)[C@H](CCO)O[C@@]12C(=O)N(Cc1cccc(N3N=C(c4ccccc4)CCC3=O)c1)c1ccc(N3N=C(c4ccccc4)CCC3=O)cc12. The average molecular weight is 756 g/mol. The molecule has 0 bridgehead atoms. The predicted molar refractivity (Wildman–Crippen MR) is 214 cm³/mol. The maximum atomic E-state index is 15.1. The number of anilines is 3. The molecule has 1 saturated heterocycles. The number of fused-ring (bicyclic) bond motifs is 2. The van der Waals surface area contributed by atoms with Gasteiger partial charge in [-0.05, 0) is 66.5 Å². The van der Waals surface area contributed by atoms with Gasteiger partial charge >= 0.3 is 0 Å². The Bertz CT molecular complexity index is 2210. The van der Waals surface area contributed by atoms with Crippen molar-refractivity contribution in [2.75, 3.05) is 21.5 Å². The lowest BCUT2D eigenvalue weighted by Crippen LogP contribution is -2.46. The Morgan fingerprint density at radius 2 is 1.35 bits per heavy atom. The standard InChI is InChI=1S/C43H45N5O6Si/c1-28-41(55(2,3)53)38(23-24-49)54-43(28)34-26-33(48-40(51)22-19-36(45-48)31-14-8-5-9-15-31)17-20-37(34)46(42(43)52)27-29-11-10-16-32(25-29)47-39(50)21-18-35(44-47)30-12-6-4-7-13-30/h4-17,20,25-26,28,38,41,49,53H,18-19,21-24,27H2,1-3H3/t28-,38+,41-,43+/m1/s1. The molecule has 4 aliphatic heterocycles. The highest BCUT2D eigenvalue weighted by molar-refractivity contribution is 6.71. The summed E-state index contributed by atoms with van der Waals surface area (Å²) in [6.45, 7) is 5.66. The Labute approximate surface area is 321 Å². The Balaban J connectivity index is 1.19. The van der Waals surface area contributed by atoms with Crippen LogP contribution < -0.4 is 14.9 Å². The van der Waals surface area contributed by atoms with Crippen molar-refractivity contribution < 1.29 is 29.0 Å². The molecule has 4 aliphatic rings. The number of aliphatic hydroxyl groups is 1. The zero-order chi connectivity index (χ0) is 38.5. The van der Waals surface area contributed by atoms with E-state index in [4.69, 9.17) is 14.9 Å². The van der Waals surface area contributed by atoms with Gasteiger partial charge in [-0.15, -0.1) is 0 Å². The molecule has 0 unspecified atom stereocenters. The van der Waals surface area contributed by atoms with Gasteiger partial charge in [-0.25, -0.2) is 10.0 Å². The van der Waals surface area contributed by atoms with E-state index in [1.54, 1.807) is 4.90 Å². The van der Waals surface area contributed by atoms with Crippen LogP contribution in [0.4, 0.5) is 17.1 Å². The number of aliphatic hydroxyl groups excluding tert-OH is 1. The third-order valence-corrected chi connectivity index (χ3v) is 13.9. The third-order valence-electron chi connectivity index (χ3n) is 11.4. The zero-order valence-corrected chi connectivity index (χ0v) is 32.3. The van der Waals surface area contributed by atoms with Gasteiger partial charge < -0.3 is 19.5 Å². The first-order chi connectivity index (χ1) is 26.5. The van der Waals surface area contributed by atoms with Crippen molar-refractivity contribution in [2.24, 2.45) is 16.1 Å². The lowest BCUT2D eigenvalue weighted by atomic mass is 9.82. The molecule has 4 atom stereocenters. The summed E-state index contributed by atoms with van der Waals surface area (Å²) in [4.78, 5) is 55.1. The van der Waals surface area contributed by atoms with Gasteiger partial charge in [0.05, 0.1) is 41.1 Å². The van der Waals surface area contributed by atoms with Gasteiger partial charge in [0, 0.05) is 49.3 Å². The fourth-order valence-electron chi connectivity index (χ4n) is 8.90. The van der Waals surface area contributed by atoms with Crippen molar-refractivity contribution in [3.63, 3.8) is 0 Å². The molecule has 0 saturated carbocycles. The van der Waals surface area contributed by atoms with Crippen LogP contribution in [0.25, 0.3) is 0 Å². The summed E-state index contributed by atoms with van der Waals surface area (Å²) in [6.07, 6.45) is 1.38. The Morgan fingerprint density at radius 1 is 0.764 bits per heavy atom. The van der Waals surface area contributed by atoms with Crippen molar-refractivity contribution in [2.45, 2.75) is 75.9 Å². The van der Waals surface area contributed by atoms with Gasteiger partial charge in [-0.2, -0.15) is 10.2 Å². The average Bonchev–Trinajstić information content (AvgIpc) is 3.62. The summed E-state index contributed by atoms with van der Waals surface area (Å²) in [6, 6.07) is 32.6. The van der Waals surface area contributed by atoms with Gasteiger partial charge in [0.2, 0.25) is 11.8 Å². The molecule has 4 aromatic rings. The van der Waals surface area contributed by atoms with Crippen molar-refractivity contribution in [1.29, 1.82) is 0 Å². The number of rotatable bonds is 9. The van der Waals surface area contributed by atoms with E-state index >= 15 is 4.79 Å². The summed E-state index contributed by atoms with van der Waals surface area (Å²) in [5.74, 6) is -0.998. The number of amides is 3. The molecule has 55 heavy (non-hydrogen) atoms. The molecular formula is C43H45N5O6Si. The molecule has 2 N–H and O–H groups in total. The third kappa shape index (κ3) is 6.52. The molecule has 1 spiro atoms. The van der Waals surface area contributed by atoms with Crippen molar-refractivity contribution >= 4 is 54.5 Å². The second kappa shape index (κ2) is 14.4. The van der Waals surface area contributed by atoms with Crippen LogP contribution >= 0.6 is 0 Å². The lowest BCUT2D eigenvalue weighted by Gasteiger charge is -2.32. The molecule has 0 aliphatic carbocycles. The van der Waals surface area contributed by atoms with Crippen molar-refractivity contribution in [3.05, 3.63) is 125 Å². The molecule has 0 aromatic heterocycles. The second-order valence-corrected chi connectivity index (χ2v) is 19.3. The molecule has 1 fully saturated rings. The van der Waals surface area contributed by atoms with Crippen LogP contribution in [0, 0.1) is 5.92 Å². The highest BCUT2D eigenvalue weighted by Crippen LogP contribution is 2.60. The van der Waals surface area contributed by atoms with E-state index in [1.807, 2.05) is 123 Å². The normalized spacial score (nSPS) is 24.1. The first-order valence-electron chi connectivity index (χ1n) is 19.0. The molecule has 282 valence electrons. The largest absolute Gasteiger partial charge is 0.432 e. The van der Waals surface area contributed by atoms with Crippen LogP contribution in [-0.4, -0.2) is 60.1 Å². The van der Waals surface area contributed by atoms with Crippen LogP contribution in [-0.2, 0) is 31.3 Å². The lowest BCUT2D eigenvalue weighted by molar-refractivity contribution is -0.146. The van der Waals surface area contributed by atoms with E-state index in [-0.39, 0.29) is 49.3 Å². The molecule has 4 aromatic carbocycles. The highest BCUT2D eigenvalue weighted by atomic mass is 28.4. The van der Waals surface area contributed by atoms with Gasteiger partial charge in [0.25, 0.3) is 5.91 Å². The molecule has 4 heterocycles. The number of hydrogen-bond acceptors (Lipinski definition) is 8. The maximum Gasteiger partial charge on any atom is 0.264 e. The van der Waals surface area contributed by atoms with Crippen LogP contribution in [0.2, 0.25) is 18.6 Å². The van der Waals surface area contributed by atoms with Gasteiger partial charge in [0.1, 0.15) is 0 Å². The molecule has 11 nitrogen and oxygen atoms in total. The van der Waals surface area contributed by atoms with Crippen LogP contribution in [0.3, 0.4) is 0 Å². The minimum Gasteiger partial charge on any atom is -0.432 e. The minimum absolute atomic E-state index is 0.110. The summed E-state index contributed by atoms with van der Waals surface area (Å²) >= 11 is 0. The molecule has 0 radical (unpaired) electrons. The monoisotopic (exact) mass is 755 g/mol. The Morgan fingerprint density at radius 3 is 1.91 bits per heavy atom. The van der Waals surface area contributed by atoms with E-state index in [9.17, 15) is 19.5 Å². The van der Waals surface area contributed by atoms with Crippen molar-refractivity contribution in [3.8, 4) is 0 Å². The summed E-state index contributed by atoms with van der Waals surface area (Å²) in [7, 11) is -2.94. The van der Waals surface area contributed by atoms with Gasteiger partial charge in [0.15, 0.2) is 13.9 Å². The molecule has 12 heteroatoms. The topological polar surface area (TPSA) is 135 Å². The maximum absolute atomic E-state index is 15.1. The van der Waals surface area contributed by atoms with E-state index in [0.29, 0.717) is 41.9 Å². The van der Waals surface area contributed by atoms with E-state index in [0.717, 1.165) is 28.1 Å². The Kier molecular flexibility index (Phi) is 9.62. The number of hydrogen-bond donors (Lipinski definition) is 2. The highest BCUT2D eigenvalue weighted by Gasteiger charge is 2.66. The fourth-order valence-corrected chi connectivity index (χ4v) is 11.5. The second-order valence-electron chi connectivity index (χ2n) is 15.4. The number of benzene rings is 4. The smallest absolute Gasteiger partial charge is 0.264 e. The number of carbonyl (C=O) groups is 3. The first-order valence-corrected chi connectivity index (χ1v) is 22.0. The van der Waals surface area contributed by atoms with E-state index < -0.39 is 25.9 Å². The molecule has 3 amide bonds. The van der Waals surface area contributed by atoms with Crippen molar-refractivity contribution in [1.82, 2.24) is 0 Å². The minimum atomic E-state index is -2.94. The summed E-state index contributed by atoms with van der Waals surface area (Å²) in [5.41, 5.74) is 4.80. The molecular weight excluding hydrogens is 711 g/mol. The van der Waals surface area contributed by atoms with Crippen LogP contribution in [0.5, 0.6) is 0 Å². The van der Waals surface area contributed by atoms with Gasteiger partial charge in [-0.3, -0.25) is 14.4 Å². The Hall–Kier alpha value is -5.27. The summed E-state index contributed by atoms with van der Waals surface area (Å²) in [5, 5.41) is 22.5. The first kappa shape index (κ1) is 36.7. The number of ether oxygens (including phenoxy) is 1. The fraction of sp³-hybridized carbons (Fsp3) is 0.326. The zero-order valence-electron chi connectivity index (χ0n) is 31.3. The summed E-state index contributed by atoms with van der Waals surface area (Å²) < 4.78 is 6.87. The van der Waals surface area contributed by atoms with Crippen LogP contribution in [0.15, 0.2) is 113 Å². The molecule has 8 rings (SSSR count). The van der Waals surface area contributed by atoms with Gasteiger partial charge in [-0.1, -0.05) is 79.7 Å². The number of carbonyl (C=O) groups excluding carboxylic acids is 3. The number of hydrazone groups is 2. The van der Waals surface area contributed by atoms with E-state index in [1.165, 1.54) is 10.0 Å². The predicted octanol–water partition coefficient (Wildman–Crippen LogP) is 6.48. The number of nitrogens with zero attached hydrogens (tertiary/aromatic N) is 5.